The van der Waals surface area contributed by atoms with E-state index in [0.29, 0.717) is 11.3 Å². The topological polar surface area (TPSA) is 94.2 Å². The van der Waals surface area contributed by atoms with Crippen LogP contribution in [0, 0.1) is 0 Å². The largest absolute Gasteiger partial charge is 0.347 e. The highest BCUT2D eigenvalue weighted by Gasteiger charge is 2.10. The molecular formula is C13H15N3O3S. The first-order valence-electron chi connectivity index (χ1n) is 5.89. The lowest BCUT2D eigenvalue weighted by atomic mass is 10.2. The van der Waals surface area contributed by atoms with Gasteiger partial charge in [0.15, 0.2) is 0 Å². The summed E-state index contributed by atoms with van der Waals surface area (Å²) >= 11 is 0. The van der Waals surface area contributed by atoms with Gasteiger partial charge in [-0.2, -0.15) is 0 Å². The number of benzene rings is 1. The van der Waals surface area contributed by atoms with Crippen molar-refractivity contribution in [3.8, 4) is 0 Å². The number of nitrogens with one attached hydrogen (secondary N) is 1. The molecule has 0 bridgehead atoms. The van der Waals surface area contributed by atoms with Gasteiger partial charge in [0.25, 0.3) is 5.91 Å². The fourth-order valence-corrected chi connectivity index (χ4v) is 2.39. The highest BCUT2D eigenvalue weighted by Crippen LogP contribution is 2.10. The minimum atomic E-state index is -3.73. The monoisotopic (exact) mass is 293 g/mol. The van der Waals surface area contributed by atoms with Crippen LogP contribution in [0.1, 0.15) is 16.1 Å². The zero-order valence-electron chi connectivity index (χ0n) is 10.9. The number of carbonyl (C=O) groups excluding carboxylic acids is 1. The Bertz CT molecular complexity index is 735. The van der Waals surface area contributed by atoms with E-state index in [-0.39, 0.29) is 17.3 Å². The lowest BCUT2D eigenvalue weighted by Gasteiger charge is -2.07. The van der Waals surface area contributed by atoms with Crippen molar-refractivity contribution in [2.75, 3.05) is 0 Å². The Hall–Kier alpha value is -2.12. The van der Waals surface area contributed by atoms with Crippen LogP contribution in [0.4, 0.5) is 0 Å². The fraction of sp³-hybridized carbons (Fsp3) is 0.154. The number of aryl methyl sites for hydroxylation is 1. The van der Waals surface area contributed by atoms with Gasteiger partial charge in [-0.15, -0.1) is 0 Å². The quantitative estimate of drug-likeness (QED) is 0.864. The van der Waals surface area contributed by atoms with Gasteiger partial charge < -0.3 is 9.88 Å². The number of nitrogens with zero attached hydrogens (tertiary/aromatic N) is 1. The number of hydrogen-bond donors (Lipinski definition) is 2. The number of nitrogens with two attached hydrogens (primary N) is 1. The van der Waals surface area contributed by atoms with E-state index in [1.165, 1.54) is 12.1 Å². The lowest BCUT2D eigenvalue weighted by Crippen LogP contribution is -2.25. The molecule has 1 amide bonds. The van der Waals surface area contributed by atoms with Gasteiger partial charge in [-0.3, -0.25) is 4.79 Å². The van der Waals surface area contributed by atoms with E-state index in [1.807, 2.05) is 0 Å². The summed E-state index contributed by atoms with van der Waals surface area (Å²) < 4.78 is 24.2. The van der Waals surface area contributed by atoms with E-state index in [4.69, 9.17) is 5.14 Å². The number of hydrogen-bond acceptors (Lipinski definition) is 3. The summed E-state index contributed by atoms with van der Waals surface area (Å²) in [5.41, 5.74) is 1.20. The number of amides is 1. The van der Waals surface area contributed by atoms with Gasteiger partial charge in [0.1, 0.15) is 5.69 Å². The molecule has 0 saturated carbocycles. The van der Waals surface area contributed by atoms with Crippen molar-refractivity contribution in [1.29, 1.82) is 0 Å². The zero-order valence-corrected chi connectivity index (χ0v) is 11.7. The SMILES string of the molecule is Cn1cccc1C(=O)NCc1cccc(S(N)(=O)=O)c1. The predicted octanol–water partition coefficient (Wildman–Crippen LogP) is 0.602. The second-order valence-corrected chi connectivity index (χ2v) is 5.94. The molecule has 106 valence electrons. The Morgan fingerprint density at radius 2 is 2.05 bits per heavy atom. The van der Waals surface area contributed by atoms with Crippen molar-refractivity contribution in [1.82, 2.24) is 9.88 Å². The van der Waals surface area contributed by atoms with Crippen LogP contribution in [-0.2, 0) is 23.6 Å². The summed E-state index contributed by atoms with van der Waals surface area (Å²) in [6.45, 7) is 0.230. The van der Waals surface area contributed by atoms with Crippen LogP contribution in [0.25, 0.3) is 0 Å². The van der Waals surface area contributed by atoms with Crippen LogP contribution in [0.15, 0.2) is 47.5 Å². The summed E-state index contributed by atoms with van der Waals surface area (Å²) in [5, 5.41) is 7.79. The number of aromatic nitrogens is 1. The van der Waals surface area contributed by atoms with Crippen LogP contribution in [-0.4, -0.2) is 18.9 Å². The van der Waals surface area contributed by atoms with Gasteiger partial charge in [0, 0.05) is 19.8 Å². The van der Waals surface area contributed by atoms with Crippen LogP contribution >= 0.6 is 0 Å². The first-order valence-corrected chi connectivity index (χ1v) is 7.44. The van der Waals surface area contributed by atoms with Crippen LogP contribution in [0.5, 0.6) is 0 Å². The van der Waals surface area contributed by atoms with Crippen molar-refractivity contribution in [3.05, 3.63) is 53.9 Å². The predicted molar refractivity (Wildman–Crippen MR) is 74.4 cm³/mol. The standard InChI is InChI=1S/C13H15N3O3S/c1-16-7-3-6-12(16)13(17)15-9-10-4-2-5-11(8-10)20(14,18)19/h2-8H,9H2,1H3,(H,15,17)(H2,14,18,19). The number of sulfonamides is 1. The maximum absolute atomic E-state index is 11.9. The maximum atomic E-state index is 11.9. The number of rotatable bonds is 4. The Morgan fingerprint density at radius 1 is 1.30 bits per heavy atom. The van der Waals surface area contributed by atoms with E-state index in [0.717, 1.165) is 0 Å². The molecule has 1 aromatic carbocycles. The molecule has 0 saturated heterocycles. The Labute approximate surface area is 117 Å². The van der Waals surface area contributed by atoms with E-state index < -0.39 is 10.0 Å². The van der Waals surface area contributed by atoms with E-state index in [2.05, 4.69) is 5.32 Å². The first-order chi connectivity index (χ1) is 9.38. The third kappa shape index (κ3) is 3.25. The van der Waals surface area contributed by atoms with Crippen LogP contribution in [0.2, 0.25) is 0 Å². The van der Waals surface area contributed by atoms with Crippen molar-refractivity contribution in [2.24, 2.45) is 12.2 Å². The lowest BCUT2D eigenvalue weighted by molar-refractivity contribution is 0.0943. The molecular weight excluding hydrogens is 278 g/mol. The van der Waals surface area contributed by atoms with Gasteiger partial charge in [-0.05, 0) is 29.8 Å². The number of primary sulfonamides is 1. The van der Waals surface area contributed by atoms with Crippen molar-refractivity contribution < 1.29 is 13.2 Å². The van der Waals surface area contributed by atoms with Gasteiger partial charge in [-0.1, -0.05) is 12.1 Å². The molecule has 0 unspecified atom stereocenters. The fourth-order valence-electron chi connectivity index (χ4n) is 1.80. The highest BCUT2D eigenvalue weighted by atomic mass is 32.2. The second kappa shape index (κ2) is 5.48. The first kappa shape index (κ1) is 14.3. The van der Waals surface area contributed by atoms with E-state index in [1.54, 1.807) is 42.1 Å². The molecule has 0 spiro atoms. The molecule has 2 aromatic rings. The third-order valence-corrected chi connectivity index (χ3v) is 3.77. The molecule has 0 aliphatic heterocycles. The smallest absolute Gasteiger partial charge is 0.268 e. The molecule has 20 heavy (non-hydrogen) atoms. The summed E-state index contributed by atoms with van der Waals surface area (Å²) in [6, 6.07) is 9.65. The van der Waals surface area contributed by atoms with Crippen molar-refractivity contribution >= 4 is 15.9 Å². The molecule has 0 aliphatic carbocycles. The average Bonchev–Trinajstić information content (AvgIpc) is 2.82. The average molecular weight is 293 g/mol. The summed E-state index contributed by atoms with van der Waals surface area (Å²) in [7, 11) is -1.96. The van der Waals surface area contributed by atoms with Crippen molar-refractivity contribution in [2.45, 2.75) is 11.4 Å². The molecule has 6 nitrogen and oxygen atoms in total. The summed E-state index contributed by atoms with van der Waals surface area (Å²) in [6.07, 6.45) is 1.77. The molecule has 2 rings (SSSR count). The second-order valence-electron chi connectivity index (χ2n) is 4.38. The summed E-state index contributed by atoms with van der Waals surface area (Å²) in [5.74, 6) is -0.224. The molecule has 3 N–H and O–H groups in total. The maximum Gasteiger partial charge on any atom is 0.268 e. The molecule has 0 aliphatic rings. The Balaban J connectivity index is 2.09. The van der Waals surface area contributed by atoms with Gasteiger partial charge in [0.2, 0.25) is 10.0 Å². The zero-order chi connectivity index (χ0) is 14.8. The molecule has 1 heterocycles. The van der Waals surface area contributed by atoms with Crippen molar-refractivity contribution in [3.63, 3.8) is 0 Å². The molecule has 7 heteroatoms. The minimum Gasteiger partial charge on any atom is -0.347 e. The molecule has 0 atom stereocenters. The molecule has 0 radical (unpaired) electrons. The number of carbonyl (C=O) groups is 1. The van der Waals surface area contributed by atoms with E-state index in [9.17, 15) is 13.2 Å². The van der Waals surface area contributed by atoms with Gasteiger partial charge in [0.05, 0.1) is 4.90 Å². The van der Waals surface area contributed by atoms with Crippen LogP contribution in [0.3, 0.4) is 0 Å². The molecule has 1 aromatic heterocycles. The van der Waals surface area contributed by atoms with Gasteiger partial charge >= 0.3 is 0 Å². The Morgan fingerprint density at radius 3 is 2.65 bits per heavy atom. The van der Waals surface area contributed by atoms with E-state index >= 15 is 0 Å². The minimum absolute atomic E-state index is 0.0307. The van der Waals surface area contributed by atoms with Gasteiger partial charge in [-0.25, -0.2) is 13.6 Å². The summed E-state index contributed by atoms with van der Waals surface area (Å²) in [4.78, 5) is 11.9. The third-order valence-electron chi connectivity index (χ3n) is 2.86. The highest BCUT2D eigenvalue weighted by molar-refractivity contribution is 7.89. The normalized spacial score (nSPS) is 11.3. The van der Waals surface area contributed by atoms with Crippen LogP contribution < -0.4 is 10.5 Å². The molecule has 0 fully saturated rings. The Kier molecular flexibility index (Phi) is 3.91.